The van der Waals surface area contributed by atoms with E-state index in [1.165, 1.54) is 7.11 Å². The first-order chi connectivity index (χ1) is 11.1. The van der Waals surface area contributed by atoms with Crippen LogP contribution in [0, 0.1) is 11.6 Å². The summed E-state index contributed by atoms with van der Waals surface area (Å²) in [4.78, 5) is 16.4. The van der Waals surface area contributed by atoms with E-state index < -0.39 is 23.6 Å². The van der Waals surface area contributed by atoms with E-state index in [0.29, 0.717) is 10.3 Å². The van der Waals surface area contributed by atoms with Crippen LogP contribution in [0.25, 0.3) is 10.2 Å². The molecule has 4 nitrogen and oxygen atoms in total. The van der Waals surface area contributed by atoms with Gasteiger partial charge in [0.2, 0.25) is 0 Å². The Morgan fingerprint density at radius 3 is 2.61 bits per heavy atom. The van der Waals surface area contributed by atoms with Gasteiger partial charge in [0.05, 0.1) is 10.2 Å². The molecular weight excluding hydrogens is 322 g/mol. The second-order valence-electron chi connectivity index (χ2n) is 4.77. The van der Waals surface area contributed by atoms with Crippen molar-refractivity contribution in [3.63, 3.8) is 0 Å². The number of hydrogen-bond acceptors (Lipinski definition) is 4. The van der Waals surface area contributed by atoms with Crippen molar-refractivity contribution >= 4 is 32.6 Å². The zero-order valence-electron chi connectivity index (χ0n) is 12.0. The van der Waals surface area contributed by atoms with Crippen molar-refractivity contribution in [3.05, 3.63) is 59.7 Å². The Bertz CT molecular complexity index is 813. The second kappa shape index (κ2) is 6.39. The Hall–Kier alpha value is -2.38. The van der Waals surface area contributed by atoms with Gasteiger partial charge >= 0.3 is 0 Å². The highest BCUT2D eigenvalue weighted by atomic mass is 32.1. The molecule has 3 rings (SSSR count). The molecule has 0 fully saturated rings. The molecule has 0 radical (unpaired) electrons. The van der Waals surface area contributed by atoms with Gasteiger partial charge in [0.25, 0.3) is 5.91 Å². The molecular formula is C16H12F2N2O2S. The highest BCUT2D eigenvalue weighted by Crippen LogP contribution is 2.29. The lowest BCUT2D eigenvalue weighted by Crippen LogP contribution is -2.22. The van der Waals surface area contributed by atoms with Gasteiger partial charge in [0.1, 0.15) is 0 Å². The van der Waals surface area contributed by atoms with Crippen LogP contribution in [0.1, 0.15) is 11.7 Å². The molecule has 0 aliphatic heterocycles. The van der Waals surface area contributed by atoms with E-state index in [4.69, 9.17) is 4.74 Å². The molecule has 1 aromatic heterocycles. The summed E-state index contributed by atoms with van der Waals surface area (Å²) in [6.45, 7) is 0. The SMILES string of the molecule is COC(C(=O)Nc1nc2cc(F)c(F)cc2s1)c1ccccc1. The lowest BCUT2D eigenvalue weighted by Gasteiger charge is -2.14. The van der Waals surface area contributed by atoms with Crippen LogP contribution in [0.2, 0.25) is 0 Å². The minimum absolute atomic E-state index is 0.257. The third kappa shape index (κ3) is 3.20. The fraction of sp³-hybridized carbons (Fsp3) is 0.125. The Kier molecular flexibility index (Phi) is 4.31. The van der Waals surface area contributed by atoms with Crippen LogP contribution in [0.3, 0.4) is 0 Å². The molecule has 23 heavy (non-hydrogen) atoms. The molecule has 2 aromatic carbocycles. The number of halogens is 2. The van der Waals surface area contributed by atoms with Crippen molar-refractivity contribution in [2.45, 2.75) is 6.10 Å². The average Bonchev–Trinajstić information content (AvgIpc) is 2.90. The molecule has 0 aliphatic rings. The van der Waals surface area contributed by atoms with Gasteiger partial charge in [-0.25, -0.2) is 13.8 Å². The van der Waals surface area contributed by atoms with E-state index >= 15 is 0 Å². The number of aromatic nitrogens is 1. The summed E-state index contributed by atoms with van der Waals surface area (Å²) < 4.78 is 32.1. The third-order valence-corrected chi connectivity index (χ3v) is 4.17. The molecule has 7 heteroatoms. The lowest BCUT2D eigenvalue weighted by molar-refractivity contribution is -0.126. The molecule has 118 valence electrons. The smallest absolute Gasteiger partial charge is 0.259 e. The number of rotatable bonds is 4. The van der Waals surface area contributed by atoms with Gasteiger partial charge in [0.15, 0.2) is 22.9 Å². The van der Waals surface area contributed by atoms with E-state index in [-0.39, 0.29) is 10.6 Å². The molecule has 0 aliphatic carbocycles. The molecule has 0 spiro atoms. The van der Waals surface area contributed by atoms with Crippen molar-refractivity contribution in [2.24, 2.45) is 0 Å². The van der Waals surface area contributed by atoms with Crippen LogP contribution in [-0.2, 0) is 9.53 Å². The molecule has 0 saturated heterocycles. The van der Waals surface area contributed by atoms with Crippen molar-refractivity contribution < 1.29 is 18.3 Å². The fourth-order valence-electron chi connectivity index (χ4n) is 2.17. The molecule has 1 unspecified atom stereocenters. The van der Waals surface area contributed by atoms with Crippen LogP contribution in [0.4, 0.5) is 13.9 Å². The number of benzene rings is 2. The summed E-state index contributed by atoms with van der Waals surface area (Å²) in [5.74, 6) is -2.32. The first kappa shape index (κ1) is 15.5. The average molecular weight is 334 g/mol. The highest BCUT2D eigenvalue weighted by molar-refractivity contribution is 7.22. The monoisotopic (exact) mass is 334 g/mol. The normalized spacial score (nSPS) is 12.3. The predicted molar refractivity (Wildman–Crippen MR) is 84.4 cm³/mol. The first-order valence-corrected chi connectivity index (χ1v) is 7.54. The van der Waals surface area contributed by atoms with Crippen molar-refractivity contribution in [2.75, 3.05) is 12.4 Å². The predicted octanol–water partition coefficient (Wildman–Crippen LogP) is 3.90. The van der Waals surface area contributed by atoms with E-state index in [0.717, 1.165) is 23.5 Å². The van der Waals surface area contributed by atoms with Crippen molar-refractivity contribution in [1.82, 2.24) is 4.98 Å². The maximum absolute atomic E-state index is 13.2. The standard InChI is InChI=1S/C16H12F2N2O2S/c1-22-14(9-5-3-2-4-6-9)15(21)20-16-19-12-7-10(17)11(18)8-13(12)23-16/h2-8,14H,1H3,(H,19,20,21). The minimum atomic E-state index is -0.972. The largest absolute Gasteiger partial charge is 0.367 e. The Labute approximate surface area is 134 Å². The molecule has 1 N–H and O–H groups in total. The Morgan fingerprint density at radius 1 is 1.22 bits per heavy atom. The summed E-state index contributed by atoms with van der Waals surface area (Å²) in [5.41, 5.74) is 0.989. The molecule has 3 aromatic rings. The number of fused-ring (bicyclic) bond motifs is 1. The van der Waals surface area contributed by atoms with Crippen molar-refractivity contribution in [3.8, 4) is 0 Å². The number of nitrogens with zero attached hydrogens (tertiary/aromatic N) is 1. The third-order valence-electron chi connectivity index (χ3n) is 3.24. The Morgan fingerprint density at radius 2 is 1.91 bits per heavy atom. The molecule has 1 amide bonds. The van der Waals surface area contributed by atoms with Gasteiger partial charge in [-0.05, 0) is 11.6 Å². The zero-order chi connectivity index (χ0) is 16.4. The van der Waals surface area contributed by atoms with Gasteiger partial charge in [-0.1, -0.05) is 41.7 Å². The van der Waals surface area contributed by atoms with Gasteiger partial charge in [0, 0.05) is 13.2 Å². The number of methoxy groups -OCH3 is 1. The van der Waals surface area contributed by atoms with E-state index in [2.05, 4.69) is 10.3 Å². The van der Waals surface area contributed by atoms with Crippen LogP contribution >= 0.6 is 11.3 Å². The second-order valence-corrected chi connectivity index (χ2v) is 5.80. The number of amides is 1. The fourth-order valence-corrected chi connectivity index (χ4v) is 3.05. The van der Waals surface area contributed by atoms with E-state index in [1.54, 1.807) is 24.3 Å². The topological polar surface area (TPSA) is 51.2 Å². The maximum atomic E-state index is 13.2. The number of thiazole rings is 1. The number of carbonyl (C=O) groups is 1. The van der Waals surface area contributed by atoms with E-state index in [9.17, 15) is 13.6 Å². The van der Waals surface area contributed by atoms with Gasteiger partial charge in [-0.3, -0.25) is 10.1 Å². The first-order valence-electron chi connectivity index (χ1n) is 6.72. The molecule has 0 saturated carbocycles. The number of ether oxygens (including phenoxy) is 1. The summed E-state index contributed by atoms with van der Waals surface area (Å²) in [7, 11) is 1.43. The van der Waals surface area contributed by atoms with Gasteiger partial charge in [-0.15, -0.1) is 0 Å². The summed E-state index contributed by atoms with van der Waals surface area (Å²) >= 11 is 1.07. The van der Waals surface area contributed by atoms with Crippen LogP contribution in [0.15, 0.2) is 42.5 Å². The summed E-state index contributed by atoms with van der Waals surface area (Å²) in [5, 5.41) is 2.88. The van der Waals surface area contributed by atoms with Crippen molar-refractivity contribution in [1.29, 1.82) is 0 Å². The number of hydrogen-bond donors (Lipinski definition) is 1. The van der Waals surface area contributed by atoms with Crippen LogP contribution in [-0.4, -0.2) is 18.0 Å². The lowest BCUT2D eigenvalue weighted by atomic mass is 10.1. The number of anilines is 1. The highest BCUT2D eigenvalue weighted by Gasteiger charge is 2.21. The zero-order valence-corrected chi connectivity index (χ0v) is 12.9. The molecule has 1 atom stereocenters. The van der Waals surface area contributed by atoms with Gasteiger partial charge < -0.3 is 4.74 Å². The van der Waals surface area contributed by atoms with Crippen LogP contribution in [0.5, 0.6) is 0 Å². The minimum Gasteiger partial charge on any atom is -0.367 e. The number of nitrogens with one attached hydrogen (secondary N) is 1. The maximum Gasteiger partial charge on any atom is 0.259 e. The molecule has 0 bridgehead atoms. The summed E-state index contributed by atoms with van der Waals surface area (Å²) in [6, 6.07) is 11.1. The summed E-state index contributed by atoms with van der Waals surface area (Å²) in [6.07, 6.45) is -0.795. The van der Waals surface area contributed by atoms with Crippen LogP contribution < -0.4 is 5.32 Å². The van der Waals surface area contributed by atoms with E-state index in [1.807, 2.05) is 6.07 Å². The molecule has 1 heterocycles. The quantitative estimate of drug-likeness (QED) is 0.787. The van der Waals surface area contributed by atoms with Gasteiger partial charge in [-0.2, -0.15) is 0 Å². The number of carbonyl (C=O) groups excluding carboxylic acids is 1. The Balaban J connectivity index is 1.84.